The Morgan fingerprint density at radius 1 is 1.19 bits per heavy atom. The molecule has 0 aliphatic heterocycles. The molecular formula is C16H13N3O2. The average molecular weight is 279 g/mol. The van der Waals surface area contributed by atoms with Crippen LogP contribution >= 0.6 is 0 Å². The Labute approximate surface area is 120 Å². The summed E-state index contributed by atoms with van der Waals surface area (Å²) in [6.07, 6.45) is 1.65. The first-order valence-electron chi connectivity index (χ1n) is 6.74. The van der Waals surface area contributed by atoms with Crippen LogP contribution in [0.15, 0.2) is 57.9 Å². The van der Waals surface area contributed by atoms with Crippen LogP contribution in [-0.4, -0.2) is 14.0 Å². The molecule has 3 heterocycles. The summed E-state index contributed by atoms with van der Waals surface area (Å²) in [6.45, 7) is 2.45. The Morgan fingerprint density at radius 3 is 2.86 bits per heavy atom. The van der Waals surface area contributed by atoms with Gasteiger partial charge in [-0.25, -0.2) is 9.38 Å². The summed E-state index contributed by atoms with van der Waals surface area (Å²) in [7, 11) is 0. The van der Waals surface area contributed by atoms with Gasteiger partial charge >= 0.3 is 0 Å². The van der Waals surface area contributed by atoms with E-state index in [-0.39, 0.29) is 5.56 Å². The van der Waals surface area contributed by atoms with E-state index in [1.54, 1.807) is 16.7 Å². The van der Waals surface area contributed by atoms with E-state index in [1.807, 2.05) is 47.9 Å². The molecule has 5 heteroatoms. The minimum atomic E-state index is -0.0631. The smallest absolute Gasteiger partial charge is 0.259 e. The molecular weight excluding hydrogens is 266 g/mol. The lowest BCUT2D eigenvalue weighted by atomic mass is 10.3. The molecule has 0 spiro atoms. The standard InChI is InChI=1S/C16H13N3O2/c1-11-9-15(20)19-14-7-3-2-6-13(14)17-16(19)18(11)10-12-5-4-8-21-12/h2-9H,10H2,1H3. The zero-order valence-corrected chi connectivity index (χ0v) is 11.5. The summed E-state index contributed by atoms with van der Waals surface area (Å²) >= 11 is 0. The van der Waals surface area contributed by atoms with Crippen molar-refractivity contribution in [2.75, 3.05) is 0 Å². The van der Waals surface area contributed by atoms with E-state index in [2.05, 4.69) is 4.98 Å². The van der Waals surface area contributed by atoms with Crippen LogP contribution < -0.4 is 5.56 Å². The fourth-order valence-electron chi connectivity index (χ4n) is 2.64. The number of furan rings is 1. The molecule has 104 valence electrons. The third-order valence-electron chi connectivity index (χ3n) is 3.66. The molecule has 0 atom stereocenters. The summed E-state index contributed by atoms with van der Waals surface area (Å²) < 4.78 is 9.04. The minimum Gasteiger partial charge on any atom is -0.467 e. The monoisotopic (exact) mass is 279 g/mol. The first-order chi connectivity index (χ1) is 10.2. The molecule has 5 nitrogen and oxygen atoms in total. The molecule has 0 amide bonds. The van der Waals surface area contributed by atoms with Gasteiger partial charge in [-0.15, -0.1) is 0 Å². The molecule has 4 aromatic rings. The lowest BCUT2D eigenvalue weighted by molar-refractivity contribution is 0.491. The Balaban J connectivity index is 2.08. The lowest BCUT2D eigenvalue weighted by Gasteiger charge is -2.10. The molecule has 0 fully saturated rings. The fourth-order valence-corrected chi connectivity index (χ4v) is 2.64. The molecule has 0 radical (unpaired) electrons. The van der Waals surface area contributed by atoms with E-state index in [0.717, 1.165) is 22.5 Å². The first kappa shape index (κ1) is 12.0. The first-order valence-corrected chi connectivity index (χ1v) is 6.74. The van der Waals surface area contributed by atoms with Crippen LogP contribution in [0.5, 0.6) is 0 Å². The molecule has 0 unspecified atom stereocenters. The third-order valence-corrected chi connectivity index (χ3v) is 3.66. The Bertz CT molecular complexity index is 994. The molecule has 0 bridgehead atoms. The predicted molar refractivity (Wildman–Crippen MR) is 79.5 cm³/mol. The number of aromatic nitrogens is 3. The SMILES string of the molecule is Cc1cc(=O)n2c3ccccc3nc2n1Cc1ccco1. The highest BCUT2D eigenvalue weighted by Crippen LogP contribution is 2.16. The second kappa shape index (κ2) is 4.34. The predicted octanol–water partition coefficient (Wildman–Crippen LogP) is 2.60. The van der Waals surface area contributed by atoms with Gasteiger partial charge in [0.25, 0.3) is 5.56 Å². The van der Waals surface area contributed by atoms with Crippen LogP contribution in [0, 0.1) is 6.92 Å². The van der Waals surface area contributed by atoms with Gasteiger partial charge in [0.2, 0.25) is 5.78 Å². The summed E-state index contributed by atoms with van der Waals surface area (Å²) in [5, 5.41) is 0. The number of nitrogens with zero attached hydrogens (tertiary/aromatic N) is 3. The van der Waals surface area contributed by atoms with E-state index in [1.165, 1.54) is 0 Å². The fraction of sp³-hybridized carbons (Fsp3) is 0.125. The van der Waals surface area contributed by atoms with Crippen LogP contribution in [0.25, 0.3) is 16.8 Å². The number of para-hydroxylation sites is 2. The van der Waals surface area contributed by atoms with Crippen molar-refractivity contribution in [3.05, 3.63) is 70.5 Å². The third kappa shape index (κ3) is 1.78. The molecule has 3 aromatic heterocycles. The van der Waals surface area contributed by atoms with Crippen molar-refractivity contribution < 1.29 is 4.42 Å². The average Bonchev–Trinajstić information content (AvgIpc) is 3.10. The number of hydrogen-bond donors (Lipinski definition) is 0. The summed E-state index contributed by atoms with van der Waals surface area (Å²) in [4.78, 5) is 16.9. The van der Waals surface area contributed by atoms with E-state index in [0.29, 0.717) is 12.3 Å². The molecule has 21 heavy (non-hydrogen) atoms. The highest BCUT2D eigenvalue weighted by molar-refractivity contribution is 5.79. The quantitative estimate of drug-likeness (QED) is 0.566. The summed E-state index contributed by atoms with van der Waals surface area (Å²) in [5.41, 5.74) is 2.44. The van der Waals surface area contributed by atoms with Gasteiger partial charge in [0.15, 0.2) is 0 Å². The number of fused-ring (bicyclic) bond motifs is 3. The van der Waals surface area contributed by atoms with Crippen LogP contribution in [-0.2, 0) is 6.54 Å². The second-order valence-electron chi connectivity index (χ2n) is 5.03. The van der Waals surface area contributed by atoms with Crippen molar-refractivity contribution in [2.45, 2.75) is 13.5 Å². The topological polar surface area (TPSA) is 52.4 Å². The maximum atomic E-state index is 12.3. The molecule has 4 rings (SSSR count). The molecule has 0 aliphatic carbocycles. The highest BCUT2D eigenvalue weighted by atomic mass is 16.3. The zero-order chi connectivity index (χ0) is 14.4. The van der Waals surface area contributed by atoms with Gasteiger partial charge in [0.05, 0.1) is 23.8 Å². The van der Waals surface area contributed by atoms with Crippen molar-refractivity contribution in [3.8, 4) is 0 Å². The number of imidazole rings is 1. The largest absolute Gasteiger partial charge is 0.467 e. The van der Waals surface area contributed by atoms with Crippen molar-refractivity contribution in [1.29, 1.82) is 0 Å². The maximum Gasteiger partial charge on any atom is 0.259 e. The molecule has 0 aliphatic rings. The number of benzene rings is 1. The Kier molecular flexibility index (Phi) is 2.47. The van der Waals surface area contributed by atoms with E-state index < -0.39 is 0 Å². The molecule has 0 saturated carbocycles. The number of aryl methyl sites for hydroxylation is 1. The van der Waals surface area contributed by atoms with Crippen LogP contribution in [0.4, 0.5) is 0 Å². The van der Waals surface area contributed by atoms with E-state index in [4.69, 9.17) is 4.42 Å². The van der Waals surface area contributed by atoms with Gasteiger partial charge in [0, 0.05) is 11.8 Å². The van der Waals surface area contributed by atoms with Crippen LogP contribution in [0.1, 0.15) is 11.5 Å². The van der Waals surface area contributed by atoms with Gasteiger partial charge in [-0.2, -0.15) is 0 Å². The van der Waals surface area contributed by atoms with Gasteiger partial charge < -0.3 is 8.98 Å². The summed E-state index contributed by atoms with van der Waals surface area (Å²) in [6, 6.07) is 13.0. The Hall–Kier alpha value is -2.82. The highest BCUT2D eigenvalue weighted by Gasteiger charge is 2.13. The van der Waals surface area contributed by atoms with Gasteiger partial charge in [-0.1, -0.05) is 12.1 Å². The van der Waals surface area contributed by atoms with Crippen molar-refractivity contribution in [2.24, 2.45) is 0 Å². The Morgan fingerprint density at radius 2 is 2.05 bits per heavy atom. The summed E-state index contributed by atoms with van der Waals surface area (Å²) in [5.74, 6) is 1.47. The van der Waals surface area contributed by atoms with Gasteiger partial charge in [0.1, 0.15) is 5.76 Å². The zero-order valence-electron chi connectivity index (χ0n) is 11.5. The minimum absolute atomic E-state index is 0.0631. The van der Waals surface area contributed by atoms with Gasteiger partial charge in [-0.3, -0.25) is 4.79 Å². The second-order valence-corrected chi connectivity index (χ2v) is 5.03. The molecule has 1 aromatic carbocycles. The number of hydrogen-bond acceptors (Lipinski definition) is 3. The number of rotatable bonds is 2. The maximum absolute atomic E-state index is 12.3. The van der Waals surface area contributed by atoms with Crippen molar-refractivity contribution in [3.63, 3.8) is 0 Å². The van der Waals surface area contributed by atoms with Gasteiger partial charge in [-0.05, 0) is 31.2 Å². The van der Waals surface area contributed by atoms with E-state index in [9.17, 15) is 4.79 Å². The normalized spacial score (nSPS) is 11.5. The van der Waals surface area contributed by atoms with E-state index >= 15 is 0 Å². The van der Waals surface area contributed by atoms with Crippen molar-refractivity contribution in [1.82, 2.24) is 14.0 Å². The van der Waals surface area contributed by atoms with Crippen molar-refractivity contribution >= 4 is 16.8 Å². The molecule has 0 N–H and O–H groups in total. The molecule has 0 saturated heterocycles. The van der Waals surface area contributed by atoms with Crippen LogP contribution in [0.3, 0.4) is 0 Å². The van der Waals surface area contributed by atoms with Crippen LogP contribution in [0.2, 0.25) is 0 Å². The lowest BCUT2D eigenvalue weighted by Crippen LogP contribution is -2.19.